The highest BCUT2D eigenvalue weighted by atomic mass is 32.2. The van der Waals surface area contributed by atoms with E-state index in [4.69, 9.17) is 10.9 Å². The van der Waals surface area contributed by atoms with E-state index < -0.39 is 15.8 Å². The van der Waals surface area contributed by atoms with Crippen molar-refractivity contribution in [2.24, 2.45) is 5.14 Å². The Kier molecular flexibility index (Phi) is 3.65. The Morgan fingerprint density at radius 3 is 2.45 bits per heavy atom. The van der Waals surface area contributed by atoms with E-state index in [2.05, 4.69) is 5.32 Å². The van der Waals surface area contributed by atoms with Crippen LogP contribution in [0.1, 0.15) is 5.56 Å². The summed E-state index contributed by atoms with van der Waals surface area (Å²) in [5, 5.41) is 7.82. The summed E-state index contributed by atoms with van der Waals surface area (Å²) in [7, 11) is -3.92. The van der Waals surface area contributed by atoms with Gasteiger partial charge in [-0.2, -0.15) is 0 Å². The molecule has 0 saturated carbocycles. The van der Waals surface area contributed by atoms with Gasteiger partial charge >= 0.3 is 0 Å². The number of hydrogen-bond acceptors (Lipinski definition) is 4. The van der Waals surface area contributed by atoms with Crippen molar-refractivity contribution in [1.82, 2.24) is 0 Å². The zero-order valence-corrected chi connectivity index (χ0v) is 11.5. The number of hydrogen-bond donors (Lipinski definition) is 3. The fraction of sp³-hybridized carbons (Fsp3) is 0.0769. The number of halogens is 1. The zero-order valence-electron chi connectivity index (χ0n) is 10.7. The van der Waals surface area contributed by atoms with Crippen molar-refractivity contribution in [3.05, 3.63) is 47.8 Å². The number of benzene rings is 2. The highest BCUT2D eigenvalue weighted by molar-refractivity contribution is 7.89. The number of anilines is 3. The van der Waals surface area contributed by atoms with Gasteiger partial charge in [0.2, 0.25) is 10.0 Å². The first-order valence-electron chi connectivity index (χ1n) is 5.73. The lowest BCUT2D eigenvalue weighted by atomic mass is 10.2. The van der Waals surface area contributed by atoms with Crippen LogP contribution in [-0.2, 0) is 10.0 Å². The zero-order chi connectivity index (χ0) is 14.9. The van der Waals surface area contributed by atoms with Crippen molar-refractivity contribution < 1.29 is 12.8 Å². The van der Waals surface area contributed by atoms with E-state index in [1.165, 1.54) is 18.2 Å². The molecule has 0 aromatic heterocycles. The highest BCUT2D eigenvalue weighted by Gasteiger charge is 2.15. The molecule has 2 aromatic rings. The molecule has 0 aliphatic carbocycles. The fourth-order valence-electron chi connectivity index (χ4n) is 1.77. The second-order valence-corrected chi connectivity index (χ2v) is 5.90. The molecule has 0 aliphatic heterocycles. The third-order valence-corrected chi connectivity index (χ3v) is 3.74. The van der Waals surface area contributed by atoms with E-state index in [1.807, 2.05) is 0 Å². The van der Waals surface area contributed by atoms with Crippen LogP contribution in [0.2, 0.25) is 0 Å². The Morgan fingerprint density at radius 1 is 1.15 bits per heavy atom. The van der Waals surface area contributed by atoms with E-state index in [0.29, 0.717) is 0 Å². The number of nitrogen functional groups attached to an aromatic ring is 1. The maximum atomic E-state index is 13.8. The normalized spacial score (nSPS) is 11.3. The van der Waals surface area contributed by atoms with Gasteiger partial charge in [-0.15, -0.1) is 0 Å². The van der Waals surface area contributed by atoms with Crippen LogP contribution < -0.4 is 16.2 Å². The van der Waals surface area contributed by atoms with Crippen LogP contribution in [0.15, 0.2) is 41.3 Å². The van der Waals surface area contributed by atoms with Crippen LogP contribution in [0.4, 0.5) is 21.5 Å². The Bertz CT molecular complexity index is 760. The van der Waals surface area contributed by atoms with Gasteiger partial charge in [-0.1, -0.05) is 12.1 Å². The summed E-state index contributed by atoms with van der Waals surface area (Å²) >= 11 is 0. The van der Waals surface area contributed by atoms with Crippen LogP contribution >= 0.6 is 0 Å². The SMILES string of the molecule is Cc1ccc(Nc2cccc(S(N)(=O)=O)c2N)c(F)c1. The Morgan fingerprint density at radius 2 is 1.85 bits per heavy atom. The van der Waals surface area contributed by atoms with Crippen molar-refractivity contribution in [3.63, 3.8) is 0 Å². The molecule has 2 rings (SSSR count). The lowest BCUT2D eigenvalue weighted by Crippen LogP contribution is -2.15. The summed E-state index contributed by atoms with van der Waals surface area (Å²) in [6, 6.07) is 8.95. The Hall–Kier alpha value is -2.12. The van der Waals surface area contributed by atoms with E-state index in [9.17, 15) is 12.8 Å². The number of para-hydroxylation sites is 1. The fourth-order valence-corrected chi connectivity index (χ4v) is 2.45. The minimum Gasteiger partial charge on any atom is -0.396 e. The van der Waals surface area contributed by atoms with Gasteiger partial charge in [0.05, 0.1) is 17.1 Å². The molecular formula is C13H14FN3O2S. The number of nitrogens with two attached hydrogens (primary N) is 2. The highest BCUT2D eigenvalue weighted by Crippen LogP contribution is 2.29. The first-order valence-corrected chi connectivity index (χ1v) is 7.28. The van der Waals surface area contributed by atoms with Crippen LogP contribution in [0.25, 0.3) is 0 Å². The predicted molar refractivity (Wildman–Crippen MR) is 76.6 cm³/mol. The number of rotatable bonds is 3. The molecule has 0 saturated heterocycles. The molecule has 0 aliphatic rings. The number of nitrogens with one attached hydrogen (secondary N) is 1. The average Bonchev–Trinajstić information content (AvgIpc) is 2.33. The van der Waals surface area contributed by atoms with Gasteiger partial charge in [0, 0.05) is 0 Å². The molecule has 106 valence electrons. The second kappa shape index (κ2) is 5.10. The maximum Gasteiger partial charge on any atom is 0.240 e. The molecule has 0 heterocycles. The molecular weight excluding hydrogens is 281 g/mol. The van der Waals surface area contributed by atoms with Gasteiger partial charge in [-0.25, -0.2) is 17.9 Å². The molecule has 0 atom stereocenters. The largest absolute Gasteiger partial charge is 0.396 e. The minimum atomic E-state index is -3.92. The molecule has 0 unspecified atom stereocenters. The molecule has 0 amide bonds. The summed E-state index contributed by atoms with van der Waals surface area (Å²) in [5.41, 5.74) is 6.96. The number of sulfonamides is 1. The monoisotopic (exact) mass is 295 g/mol. The molecule has 7 heteroatoms. The van der Waals surface area contributed by atoms with Crippen LogP contribution in [0, 0.1) is 12.7 Å². The van der Waals surface area contributed by atoms with E-state index in [-0.39, 0.29) is 22.0 Å². The lowest BCUT2D eigenvalue weighted by molar-refractivity contribution is 0.598. The Labute approximate surface area is 116 Å². The topological polar surface area (TPSA) is 98.2 Å². The second-order valence-electron chi connectivity index (χ2n) is 4.37. The summed E-state index contributed by atoms with van der Waals surface area (Å²) in [6.45, 7) is 1.77. The molecule has 20 heavy (non-hydrogen) atoms. The van der Waals surface area contributed by atoms with Crippen molar-refractivity contribution in [2.75, 3.05) is 11.1 Å². The van der Waals surface area contributed by atoms with Gasteiger partial charge < -0.3 is 11.1 Å². The van der Waals surface area contributed by atoms with Crippen molar-refractivity contribution in [3.8, 4) is 0 Å². The van der Waals surface area contributed by atoms with Crippen LogP contribution in [-0.4, -0.2) is 8.42 Å². The molecule has 0 fully saturated rings. The smallest absolute Gasteiger partial charge is 0.240 e. The summed E-state index contributed by atoms with van der Waals surface area (Å²) < 4.78 is 36.5. The average molecular weight is 295 g/mol. The summed E-state index contributed by atoms with van der Waals surface area (Å²) in [6.07, 6.45) is 0. The first-order chi connectivity index (χ1) is 9.29. The van der Waals surface area contributed by atoms with Crippen molar-refractivity contribution >= 4 is 27.1 Å². The predicted octanol–water partition coefficient (Wildman–Crippen LogP) is 2.11. The van der Waals surface area contributed by atoms with E-state index in [0.717, 1.165) is 5.56 Å². The first kappa shape index (κ1) is 14.3. The maximum absolute atomic E-state index is 13.8. The quantitative estimate of drug-likeness (QED) is 0.755. The molecule has 5 nitrogen and oxygen atoms in total. The van der Waals surface area contributed by atoms with Gasteiger partial charge in [0.1, 0.15) is 10.7 Å². The van der Waals surface area contributed by atoms with Crippen molar-refractivity contribution in [2.45, 2.75) is 11.8 Å². The molecule has 0 bridgehead atoms. The van der Waals surface area contributed by atoms with Crippen molar-refractivity contribution in [1.29, 1.82) is 0 Å². The van der Waals surface area contributed by atoms with Gasteiger partial charge in [-0.3, -0.25) is 0 Å². The molecule has 5 N–H and O–H groups in total. The number of aryl methyl sites for hydroxylation is 1. The lowest BCUT2D eigenvalue weighted by Gasteiger charge is -2.12. The van der Waals surface area contributed by atoms with Crippen LogP contribution in [0.3, 0.4) is 0 Å². The number of primary sulfonamides is 1. The van der Waals surface area contributed by atoms with Gasteiger partial charge in [-0.05, 0) is 36.8 Å². The molecule has 0 radical (unpaired) electrons. The minimum absolute atomic E-state index is 0.0463. The molecule has 0 spiro atoms. The summed E-state index contributed by atoms with van der Waals surface area (Å²) in [5.74, 6) is -0.453. The Balaban J connectivity index is 2.45. The summed E-state index contributed by atoms with van der Waals surface area (Å²) in [4.78, 5) is -0.199. The van der Waals surface area contributed by atoms with E-state index in [1.54, 1.807) is 25.1 Å². The third kappa shape index (κ3) is 2.89. The van der Waals surface area contributed by atoms with Gasteiger partial charge in [0.25, 0.3) is 0 Å². The standard InChI is InChI=1S/C13H14FN3O2S/c1-8-5-6-10(9(14)7-8)17-11-3-2-4-12(13(11)15)20(16,18)19/h2-7,17H,15H2,1H3,(H2,16,18,19). The van der Waals surface area contributed by atoms with E-state index >= 15 is 0 Å². The third-order valence-electron chi connectivity index (χ3n) is 2.77. The van der Waals surface area contributed by atoms with Gasteiger partial charge in [0.15, 0.2) is 0 Å². The van der Waals surface area contributed by atoms with Crippen LogP contribution in [0.5, 0.6) is 0 Å². The molecule has 2 aromatic carbocycles.